The average Bonchev–Trinajstić information content (AvgIpc) is 3.26. The van der Waals surface area contributed by atoms with Crippen molar-refractivity contribution in [2.24, 2.45) is 0 Å². The summed E-state index contributed by atoms with van der Waals surface area (Å²) in [4.78, 5) is 14.8. The Morgan fingerprint density at radius 3 is 2.43 bits per heavy atom. The van der Waals surface area contributed by atoms with Crippen LogP contribution >= 0.6 is 0 Å². The standard InChI is InChI=1S/C25H24FNO3/c26-20-6-10-22(11-7-20)29-18-24-13-12-23(30-24)14-15-25(28)19-4-8-21(9-5-19)27-16-2-1-3-17-27/h4-15H,1-3,16-18H2/b15-14+. The summed E-state index contributed by atoms with van der Waals surface area (Å²) in [6.07, 6.45) is 6.92. The number of carbonyl (C=O) groups is 1. The monoisotopic (exact) mass is 405 g/mol. The molecule has 0 spiro atoms. The van der Waals surface area contributed by atoms with E-state index in [1.54, 1.807) is 30.3 Å². The molecule has 0 radical (unpaired) electrons. The SMILES string of the molecule is O=C(/C=C/c1ccc(COc2ccc(F)cc2)o1)c1ccc(N2CCCCC2)cc1. The van der Waals surface area contributed by atoms with Gasteiger partial charge in [0.25, 0.3) is 0 Å². The maximum atomic E-state index is 12.9. The molecule has 4 rings (SSSR count). The third-order valence-electron chi connectivity index (χ3n) is 5.15. The Morgan fingerprint density at radius 1 is 0.967 bits per heavy atom. The van der Waals surface area contributed by atoms with Gasteiger partial charge < -0.3 is 14.1 Å². The third kappa shape index (κ3) is 5.17. The second kappa shape index (κ2) is 9.44. The molecule has 0 atom stereocenters. The summed E-state index contributed by atoms with van der Waals surface area (Å²) in [6, 6.07) is 17.2. The number of ether oxygens (including phenoxy) is 1. The van der Waals surface area contributed by atoms with Gasteiger partial charge in [0.05, 0.1) is 0 Å². The molecule has 0 amide bonds. The molecule has 2 heterocycles. The van der Waals surface area contributed by atoms with E-state index in [0.29, 0.717) is 22.8 Å². The molecule has 2 aromatic carbocycles. The Morgan fingerprint density at radius 2 is 1.70 bits per heavy atom. The van der Waals surface area contributed by atoms with Gasteiger partial charge in [0.2, 0.25) is 0 Å². The third-order valence-corrected chi connectivity index (χ3v) is 5.15. The highest BCUT2D eigenvalue weighted by molar-refractivity contribution is 6.06. The van der Waals surface area contributed by atoms with Crippen LogP contribution in [0.1, 0.15) is 41.1 Å². The van der Waals surface area contributed by atoms with E-state index >= 15 is 0 Å². The van der Waals surface area contributed by atoms with Crippen LogP contribution in [0.4, 0.5) is 10.1 Å². The van der Waals surface area contributed by atoms with Crippen LogP contribution in [-0.2, 0) is 6.61 Å². The molecule has 5 heteroatoms. The Bertz CT molecular complexity index is 1000. The number of carbonyl (C=O) groups excluding carboxylic acids is 1. The van der Waals surface area contributed by atoms with Crippen molar-refractivity contribution in [3.8, 4) is 5.75 Å². The smallest absolute Gasteiger partial charge is 0.185 e. The number of rotatable bonds is 7. The number of hydrogen-bond acceptors (Lipinski definition) is 4. The zero-order chi connectivity index (χ0) is 20.8. The van der Waals surface area contributed by atoms with Crippen LogP contribution in [0, 0.1) is 5.82 Å². The van der Waals surface area contributed by atoms with Gasteiger partial charge in [-0.3, -0.25) is 4.79 Å². The number of piperidine rings is 1. The zero-order valence-corrected chi connectivity index (χ0v) is 16.7. The Kier molecular flexibility index (Phi) is 6.28. The van der Waals surface area contributed by atoms with Crippen molar-refractivity contribution in [2.75, 3.05) is 18.0 Å². The number of allylic oxidation sites excluding steroid dienone is 1. The van der Waals surface area contributed by atoms with E-state index in [0.717, 1.165) is 13.1 Å². The van der Waals surface area contributed by atoms with E-state index in [-0.39, 0.29) is 18.2 Å². The van der Waals surface area contributed by atoms with Crippen molar-refractivity contribution in [3.05, 3.63) is 89.6 Å². The summed E-state index contributed by atoms with van der Waals surface area (Å²) in [5, 5.41) is 0. The number of halogens is 1. The molecule has 1 saturated heterocycles. The maximum Gasteiger partial charge on any atom is 0.185 e. The van der Waals surface area contributed by atoms with Gasteiger partial charge in [0.15, 0.2) is 5.78 Å². The first-order valence-corrected chi connectivity index (χ1v) is 10.2. The fourth-order valence-corrected chi connectivity index (χ4v) is 3.49. The Labute approximate surface area is 175 Å². The summed E-state index contributed by atoms with van der Waals surface area (Å²) in [5.41, 5.74) is 1.82. The topological polar surface area (TPSA) is 42.7 Å². The lowest BCUT2D eigenvalue weighted by molar-refractivity contribution is 0.104. The van der Waals surface area contributed by atoms with Gasteiger partial charge in [0, 0.05) is 24.3 Å². The molecule has 1 aliphatic heterocycles. The van der Waals surface area contributed by atoms with Gasteiger partial charge in [-0.1, -0.05) is 0 Å². The van der Waals surface area contributed by atoms with Crippen LogP contribution in [0.15, 0.2) is 71.2 Å². The minimum Gasteiger partial charge on any atom is -0.486 e. The fraction of sp³-hybridized carbons (Fsp3) is 0.240. The average molecular weight is 405 g/mol. The number of furan rings is 1. The van der Waals surface area contributed by atoms with Crippen molar-refractivity contribution >= 4 is 17.5 Å². The molecular weight excluding hydrogens is 381 g/mol. The van der Waals surface area contributed by atoms with E-state index in [1.165, 1.54) is 43.2 Å². The molecule has 1 aliphatic rings. The summed E-state index contributed by atoms with van der Waals surface area (Å²) in [7, 11) is 0. The van der Waals surface area contributed by atoms with E-state index in [1.807, 2.05) is 24.3 Å². The zero-order valence-electron chi connectivity index (χ0n) is 16.7. The van der Waals surface area contributed by atoms with Crippen molar-refractivity contribution in [2.45, 2.75) is 25.9 Å². The van der Waals surface area contributed by atoms with Crippen LogP contribution in [0.2, 0.25) is 0 Å². The first-order chi connectivity index (χ1) is 14.7. The second-order valence-corrected chi connectivity index (χ2v) is 7.34. The lowest BCUT2D eigenvalue weighted by Gasteiger charge is -2.28. The summed E-state index contributed by atoms with van der Waals surface area (Å²) in [5.74, 6) is 1.38. The predicted molar refractivity (Wildman–Crippen MR) is 115 cm³/mol. The molecule has 0 saturated carbocycles. The highest BCUT2D eigenvalue weighted by atomic mass is 19.1. The van der Waals surface area contributed by atoms with Crippen molar-refractivity contribution in [1.82, 2.24) is 0 Å². The first-order valence-electron chi connectivity index (χ1n) is 10.2. The molecule has 1 aromatic heterocycles. The minimum atomic E-state index is -0.307. The minimum absolute atomic E-state index is 0.0688. The highest BCUT2D eigenvalue weighted by Crippen LogP contribution is 2.21. The number of hydrogen-bond donors (Lipinski definition) is 0. The number of ketones is 1. The van der Waals surface area contributed by atoms with Gasteiger partial charge in [0.1, 0.15) is 29.7 Å². The van der Waals surface area contributed by atoms with Crippen molar-refractivity contribution in [1.29, 1.82) is 0 Å². The molecule has 3 aromatic rings. The fourth-order valence-electron chi connectivity index (χ4n) is 3.49. The van der Waals surface area contributed by atoms with E-state index in [4.69, 9.17) is 9.15 Å². The van der Waals surface area contributed by atoms with Crippen LogP contribution in [0.5, 0.6) is 5.75 Å². The molecule has 30 heavy (non-hydrogen) atoms. The normalized spacial score (nSPS) is 14.2. The lowest BCUT2D eigenvalue weighted by Crippen LogP contribution is -2.29. The molecular formula is C25H24FNO3. The molecule has 0 aliphatic carbocycles. The van der Waals surface area contributed by atoms with Crippen molar-refractivity contribution < 1.29 is 18.3 Å². The van der Waals surface area contributed by atoms with Gasteiger partial charge >= 0.3 is 0 Å². The Balaban J connectivity index is 1.32. The van der Waals surface area contributed by atoms with E-state index in [9.17, 15) is 9.18 Å². The van der Waals surface area contributed by atoms with E-state index in [2.05, 4.69) is 4.90 Å². The molecule has 154 valence electrons. The first kappa shape index (κ1) is 20.0. The van der Waals surface area contributed by atoms with Crippen LogP contribution in [0.25, 0.3) is 6.08 Å². The van der Waals surface area contributed by atoms with Gasteiger partial charge in [-0.05, 0) is 92.1 Å². The number of nitrogens with zero attached hydrogens (tertiary/aromatic N) is 1. The number of benzene rings is 2. The number of anilines is 1. The lowest BCUT2D eigenvalue weighted by atomic mass is 10.1. The maximum absolute atomic E-state index is 12.9. The molecule has 0 unspecified atom stereocenters. The quantitative estimate of drug-likeness (QED) is 0.363. The van der Waals surface area contributed by atoms with Gasteiger partial charge in [-0.2, -0.15) is 0 Å². The van der Waals surface area contributed by atoms with Crippen molar-refractivity contribution in [3.63, 3.8) is 0 Å². The molecule has 1 fully saturated rings. The summed E-state index contributed by atoms with van der Waals surface area (Å²) < 4.78 is 24.1. The summed E-state index contributed by atoms with van der Waals surface area (Å²) >= 11 is 0. The predicted octanol–water partition coefficient (Wildman–Crippen LogP) is 5.88. The largest absolute Gasteiger partial charge is 0.486 e. The van der Waals surface area contributed by atoms with E-state index < -0.39 is 0 Å². The van der Waals surface area contributed by atoms with Crippen LogP contribution in [-0.4, -0.2) is 18.9 Å². The second-order valence-electron chi connectivity index (χ2n) is 7.34. The van der Waals surface area contributed by atoms with Crippen LogP contribution in [0.3, 0.4) is 0 Å². The van der Waals surface area contributed by atoms with Gasteiger partial charge in [-0.15, -0.1) is 0 Å². The Hall–Kier alpha value is -3.34. The molecule has 0 N–H and O–H groups in total. The van der Waals surface area contributed by atoms with Gasteiger partial charge in [-0.25, -0.2) is 4.39 Å². The molecule has 4 nitrogen and oxygen atoms in total. The summed E-state index contributed by atoms with van der Waals surface area (Å²) in [6.45, 7) is 2.39. The molecule has 0 bridgehead atoms. The highest BCUT2D eigenvalue weighted by Gasteiger charge is 2.11. The van der Waals surface area contributed by atoms with Crippen LogP contribution < -0.4 is 9.64 Å².